The van der Waals surface area contributed by atoms with Gasteiger partial charge in [0.05, 0.1) is 5.92 Å². The molecule has 0 saturated heterocycles. The summed E-state index contributed by atoms with van der Waals surface area (Å²) < 4.78 is 0. The van der Waals surface area contributed by atoms with Gasteiger partial charge in [0.2, 0.25) is 0 Å². The average Bonchev–Trinajstić information content (AvgIpc) is 2.03. The highest BCUT2D eigenvalue weighted by atomic mass is 16.4. The summed E-state index contributed by atoms with van der Waals surface area (Å²) in [6.07, 6.45) is 4.24. The second-order valence-electron chi connectivity index (χ2n) is 5.20. The molecule has 0 aromatic carbocycles. The topological polar surface area (TPSA) is 37.3 Å². The molecule has 13 heavy (non-hydrogen) atoms. The molecule has 76 valence electrons. The largest absolute Gasteiger partial charge is 0.481 e. The van der Waals surface area contributed by atoms with E-state index in [2.05, 4.69) is 20.8 Å². The minimum atomic E-state index is -0.598. The Morgan fingerprint density at radius 2 is 1.77 bits per heavy atom. The zero-order chi connectivity index (χ0) is 10.1. The molecule has 0 heterocycles. The van der Waals surface area contributed by atoms with Crippen LogP contribution in [0.25, 0.3) is 0 Å². The summed E-state index contributed by atoms with van der Waals surface area (Å²) in [4.78, 5) is 11.0. The van der Waals surface area contributed by atoms with Crippen LogP contribution in [0.4, 0.5) is 0 Å². The van der Waals surface area contributed by atoms with Crippen LogP contribution in [0.2, 0.25) is 0 Å². The lowest BCUT2D eigenvalue weighted by Gasteiger charge is -2.38. The van der Waals surface area contributed by atoms with Crippen molar-refractivity contribution in [3.63, 3.8) is 0 Å². The predicted octanol–water partition coefficient (Wildman–Crippen LogP) is 2.92. The van der Waals surface area contributed by atoms with Gasteiger partial charge in [0.1, 0.15) is 0 Å². The van der Waals surface area contributed by atoms with E-state index in [4.69, 9.17) is 5.11 Å². The van der Waals surface area contributed by atoms with Gasteiger partial charge in [0, 0.05) is 0 Å². The lowest BCUT2D eigenvalue weighted by atomic mass is 9.66. The first-order valence-electron chi connectivity index (χ1n) is 5.15. The standard InChI is InChI=1S/C11H20O2/c1-11(2,3)9-7-5-4-6-8(9)10(12)13/h8-9H,4-7H2,1-3H3,(H,12,13). The van der Waals surface area contributed by atoms with Crippen LogP contribution in [-0.2, 0) is 4.79 Å². The highest BCUT2D eigenvalue weighted by molar-refractivity contribution is 5.70. The van der Waals surface area contributed by atoms with Crippen LogP contribution in [0.15, 0.2) is 0 Å². The molecule has 1 aliphatic carbocycles. The van der Waals surface area contributed by atoms with Crippen molar-refractivity contribution >= 4 is 5.97 Å². The molecule has 1 N–H and O–H groups in total. The first-order chi connectivity index (χ1) is 5.93. The van der Waals surface area contributed by atoms with E-state index < -0.39 is 5.97 Å². The third-order valence-electron chi connectivity index (χ3n) is 3.20. The number of carbonyl (C=O) groups is 1. The fourth-order valence-electron chi connectivity index (χ4n) is 2.46. The van der Waals surface area contributed by atoms with Crippen molar-refractivity contribution in [1.82, 2.24) is 0 Å². The fourth-order valence-corrected chi connectivity index (χ4v) is 2.46. The van der Waals surface area contributed by atoms with Gasteiger partial charge in [0.15, 0.2) is 0 Å². The molecule has 2 nitrogen and oxygen atoms in total. The summed E-state index contributed by atoms with van der Waals surface area (Å²) in [6, 6.07) is 0. The zero-order valence-corrected chi connectivity index (χ0v) is 8.84. The second kappa shape index (κ2) is 3.69. The van der Waals surface area contributed by atoms with Crippen molar-refractivity contribution in [2.45, 2.75) is 46.5 Å². The molecule has 2 unspecified atom stereocenters. The second-order valence-corrected chi connectivity index (χ2v) is 5.20. The maximum atomic E-state index is 11.0. The highest BCUT2D eigenvalue weighted by Gasteiger charge is 2.37. The molecule has 1 saturated carbocycles. The predicted molar refractivity (Wildman–Crippen MR) is 52.5 cm³/mol. The summed E-state index contributed by atoms with van der Waals surface area (Å²) in [5, 5.41) is 9.07. The smallest absolute Gasteiger partial charge is 0.306 e. The van der Waals surface area contributed by atoms with Gasteiger partial charge in [0.25, 0.3) is 0 Å². The maximum Gasteiger partial charge on any atom is 0.306 e. The average molecular weight is 184 g/mol. The SMILES string of the molecule is CC(C)(C)C1CCCCC1C(=O)O. The summed E-state index contributed by atoms with van der Waals surface area (Å²) in [5.41, 5.74) is 0.142. The number of hydrogen-bond acceptors (Lipinski definition) is 1. The molecule has 1 aliphatic rings. The normalized spacial score (nSPS) is 30.1. The van der Waals surface area contributed by atoms with E-state index in [9.17, 15) is 4.79 Å². The number of aliphatic carboxylic acids is 1. The van der Waals surface area contributed by atoms with Gasteiger partial charge in [-0.2, -0.15) is 0 Å². The maximum absolute atomic E-state index is 11.0. The monoisotopic (exact) mass is 184 g/mol. The van der Waals surface area contributed by atoms with Crippen LogP contribution in [0, 0.1) is 17.3 Å². The molecule has 0 bridgehead atoms. The summed E-state index contributed by atoms with van der Waals surface area (Å²) in [5.74, 6) is -0.341. The van der Waals surface area contributed by atoms with Crippen molar-refractivity contribution in [3.05, 3.63) is 0 Å². The first kappa shape index (κ1) is 10.6. The Kier molecular flexibility index (Phi) is 2.99. The molecule has 1 fully saturated rings. The van der Waals surface area contributed by atoms with Crippen molar-refractivity contribution < 1.29 is 9.90 Å². The molecule has 1 rings (SSSR count). The van der Waals surface area contributed by atoms with Crippen LogP contribution in [0.3, 0.4) is 0 Å². The Balaban J connectivity index is 2.73. The van der Waals surface area contributed by atoms with Crippen LogP contribution < -0.4 is 0 Å². The molecule has 0 aromatic rings. The number of rotatable bonds is 1. The van der Waals surface area contributed by atoms with Gasteiger partial charge in [-0.25, -0.2) is 0 Å². The third kappa shape index (κ3) is 2.45. The molecular weight excluding hydrogens is 164 g/mol. The van der Waals surface area contributed by atoms with E-state index >= 15 is 0 Å². The van der Waals surface area contributed by atoms with Gasteiger partial charge >= 0.3 is 5.97 Å². The Morgan fingerprint density at radius 1 is 1.23 bits per heavy atom. The Bertz CT molecular complexity index is 191. The Labute approximate surface area is 80.3 Å². The van der Waals surface area contributed by atoms with Gasteiger partial charge in [-0.05, 0) is 24.2 Å². The van der Waals surface area contributed by atoms with Crippen molar-refractivity contribution in [1.29, 1.82) is 0 Å². The minimum Gasteiger partial charge on any atom is -0.481 e. The summed E-state index contributed by atoms with van der Waals surface area (Å²) in [6.45, 7) is 6.46. The van der Waals surface area contributed by atoms with Crippen molar-refractivity contribution in [2.75, 3.05) is 0 Å². The molecule has 0 spiro atoms. The van der Waals surface area contributed by atoms with Crippen LogP contribution >= 0.6 is 0 Å². The number of carboxylic acids is 1. The van der Waals surface area contributed by atoms with Crippen molar-refractivity contribution in [3.8, 4) is 0 Å². The van der Waals surface area contributed by atoms with Gasteiger partial charge in [-0.1, -0.05) is 33.6 Å². The van der Waals surface area contributed by atoms with Gasteiger partial charge in [-0.3, -0.25) is 4.79 Å². The van der Waals surface area contributed by atoms with E-state index in [0.717, 1.165) is 19.3 Å². The molecule has 2 atom stereocenters. The molecule has 0 radical (unpaired) electrons. The Morgan fingerprint density at radius 3 is 2.15 bits per heavy atom. The molecule has 2 heteroatoms. The van der Waals surface area contributed by atoms with Gasteiger partial charge < -0.3 is 5.11 Å². The molecule has 0 aliphatic heterocycles. The van der Waals surface area contributed by atoms with Crippen LogP contribution in [0.5, 0.6) is 0 Å². The summed E-state index contributed by atoms with van der Waals surface area (Å²) >= 11 is 0. The zero-order valence-electron chi connectivity index (χ0n) is 8.84. The highest BCUT2D eigenvalue weighted by Crippen LogP contribution is 2.41. The van der Waals surface area contributed by atoms with E-state index in [0.29, 0.717) is 5.92 Å². The third-order valence-corrected chi connectivity index (χ3v) is 3.20. The lowest BCUT2D eigenvalue weighted by Crippen LogP contribution is -2.35. The van der Waals surface area contributed by atoms with E-state index in [1.165, 1.54) is 6.42 Å². The van der Waals surface area contributed by atoms with Crippen LogP contribution in [0.1, 0.15) is 46.5 Å². The number of carboxylic acid groups (broad SMARTS) is 1. The fraction of sp³-hybridized carbons (Fsp3) is 0.909. The molecule has 0 aromatic heterocycles. The summed E-state index contributed by atoms with van der Waals surface area (Å²) in [7, 11) is 0. The van der Waals surface area contributed by atoms with E-state index in [-0.39, 0.29) is 11.3 Å². The lowest BCUT2D eigenvalue weighted by molar-refractivity contribution is -0.147. The minimum absolute atomic E-state index is 0.103. The Hall–Kier alpha value is -0.530. The molecular formula is C11H20O2. The van der Waals surface area contributed by atoms with Crippen LogP contribution in [-0.4, -0.2) is 11.1 Å². The van der Waals surface area contributed by atoms with E-state index in [1.807, 2.05) is 0 Å². The first-order valence-corrected chi connectivity index (χ1v) is 5.15. The number of hydrogen-bond donors (Lipinski definition) is 1. The van der Waals surface area contributed by atoms with E-state index in [1.54, 1.807) is 0 Å². The van der Waals surface area contributed by atoms with Crippen molar-refractivity contribution in [2.24, 2.45) is 17.3 Å². The quantitative estimate of drug-likeness (QED) is 0.680. The molecule has 0 amide bonds. The van der Waals surface area contributed by atoms with Gasteiger partial charge in [-0.15, -0.1) is 0 Å².